The lowest BCUT2D eigenvalue weighted by molar-refractivity contribution is -0.148. The first-order chi connectivity index (χ1) is 7.47. The molecule has 1 rings (SSSR count). The molecule has 0 saturated carbocycles. The molecule has 1 aromatic rings. The van der Waals surface area contributed by atoms with Crippen LogP contribution in [-0.4, -0.2) is 22.7 Å². The zero-order chi connectivity index (χ0) is 12.2. The fourth-order valence-corrected chi connectivity index (χ4v) is 0.901. The van der Waals surface area contributed by atoms with Gasteiger partial charge in [0.05, 0.1) is 5.41 Å². The van der Waals surface area contributed by atoms with Crippen LogP contribution >= 0.6 is 0 Å². The lowest BCUT2D eigenvalue weighted by Gasteiger charge is -2.19. The van der Waals surface area contributed by atoms with E-state index in [-0.39, 0.29) is 12.5 Å². The minimum Gasteiger partial charge on any atom is -0.481 e. The van der Waals surface area contributed by atoms with E-state index in [9.17, 15) is 4.79 Å². The smallest absolute Gasteiger partial charge is 0.312 e. The molecule has 0 unspecified atom stereocenters. The van der Waals surface area contributed by atoms with E-state index in [0.29, 0.717) is 5.56 Å². The van der Waals surface area contributed by atoms with E-state index in [0.717, 1.165) is 0 Å². The van der Waals surface area contributed by atoms with Crippen molar-refractivity contribution in [2.24, 2.45) is 5.41 Å². The number of pyridine rings is 1. The maximum Gasteiger partial charge on any atom is 0.312 e. The number of carbonyl (C=O) groups is 1. The molecule has 0 aliphatic carbocycles. The Hall–Kier alpha value is -2.09. The van der Waals surface area contributed by atoms with E-state index in [1.807, 2.05) is 6.07 Å². The molecule has 0 fully saturated rings. The Morgan fingerprint density at radius 1 is 1.69 bits per heavy atom. The first-order valence-electron chi connectivity index (χ1n) is 4.68. The van der Waals surface area contributed by atoms with E-state index < -0.39 is 11.4 Å². The van der Waals surface area contributed by atoms with Crippen LogP contribution in [0.25, 0.3) is 0 Å². The van der Waals surface area contributed by atoms with Crippen molar-refractivity contribution in [2.45, 2.75) is 13.8 Å². The molecular formula is C11H12N2O3. The molecule has 0 spiro atoms. The number of ether oxygens (including phenoxy) is 1. The lowest BCUT2D eigenvalue weighted by Crippen LogP contribution is -2.31. The average Bonchev–Trinajstić information content (AvgIpc) is 2.26. The van der Waals surface area contributed by atoms with Crippen molar-refractivity contribution in [3.8, 4) is 11.9 Å². The Balaban J connectivity index is 2.76. The Bertz CT molecular complexity index is 435. The third-order valence-corrected chi connectivity index (χ3v) is 2.04. The Labute approximate surface area is 93.3 Å². The monoisotopic (exact) mass is 220 g/mol. The van der Waals surface area contributed by atoms with Crippen molar-refractivity contribution in [3.05, 3.63) is 23.9 Å². The van der Waals surface area contributed by atoms with Gasteiger partial charge in [-0.25, -0.2) is 4.98 Å². The van der Waals surface area contributed by atoms with Crippen molar-refractivity contribution in [1.82, 2.24) is 4.98 Å². The standard InChI is InChI=1S/C11H12N2O3/c1-11(2,10(14)15)7-16-9-8(6-12)4-3-5-13-9/h3-5H,7H2,1-2H3,(H,14,15). The molecule has 0 bridgehead atoms. The first kappa shape index (κ1) is 12.0. The van der Waals surface area contributed by atoms with Gasteiger partial charge < -0.3 is 9.84 Å². The predicted octanol–water partition coefficient (Wildman–Crippen LogP) is 1.44. The van der Waals surface area contributed by atoms with Crippen molar-refractivity contribution in [3.63, 3.8) is 0 Å². The highest BCUT2D eigenvalue weighted by molar-refractivity contribution is 5.73. The second-order valence-electron chi connectivity index (χ2n) is 3.95. The summed E-state index contributed by atoms with van der Waals surface area (Å²) in [6.45, 7) is 3.06. The SMILES string of the molecule is CC(C)(COc1ncccc1C#N)C(=O)O. The molecule has 0 saturated heterocycles. The first-order valence-corrected chi connectivity index (χ1v) is 4.68. The van der Waals surface area contributed by atoms with Gasteiger partial charge in [0.2, 0.25) is 5.88 Å². The van der Waals surface area contributed by atoms with Gasteiger partial charge in [0, 0.05) is 6.20 Å². The Morgan fingerprint density at radius 2 is 2.38 bits per heavy atom. The van der Waals surface area contributed by atoms with Crippen molar-refractivity contribution < 1.29 is 14.6 Å². The summed E-state index contributed by atoms with van der Waals surface area (Å²) in [5.74, 6) is -0.790. The summed E-state index contributed by atoms with van der Waals surface area (Å²) >= 11 is 0. The zero-order valence-electron chi connectivity index (χ0n) is 9.10. The van der Waals surface area contributed by atoms with Crippen LogP contribution in [0.3, 0.4) is 0 Å². The van der Waals surface area contributed by atoms with E-state index >= 15 is 0 Å². The summed E-state index contributed by atoms with van der Waals surface area (Å²) in [4.78, 5) is 14.7. The van der Waals surface area contributed by atoms with Crippen LogP contribution in [0.15, 0.2) is 18.3 Å². The number of rotatable bonds is 4. The highest BCUT2D eigenvalue weighted by Gasteiger charge is 2.28. The molecule has 0 radical (unpaired) electrons. The number of hydrogen-bond donors (Lipinski definition) is 1. The second-order valence-corrected chi connectivity index (χ2v) is 3.95. The van der Waals surface area contributed by atoms with E-state index in [1.165, 1.54) is 6.20 Å². The quantitative estimate of drug-likeness (QED) is 0.830. The third-order valence-electron chi connectivity index (χ3n) is 2.04. The van der Waals surface area contributed by atoms with Crippen LogP contribution in [0, 0.1) is 16.7 Å². The molecule has 16 heavy (non-hydrogen) atoms. The topological polar surface area (TPSA) is 83.2 Å². The molecule has 0 aliphatic rings. The predicted molar refractivity (Wildman–Crippen MR) is 55.9 cm³/mol. The minimum atomic E-state index is -1.01. The van der Waals surface area contributed by atoms with Gasteiger partial charge in [0.25, 0.3) is 0 Å². The Kier molecular flexibility index (Phi) is 3.46. The molecule has 0 aromatic carbocycles. The molecule has 0 amide bonds. The summed E-state index contributed by atoms with van der Waals surface area (Å²) in [6.07, 6.45) is 1.49. The highest BCUT2D eigenvalue weighted by atomic mass is 16.5. The van der Waals surface area contributed by atoms with Crippen LogP contribution < -0.4 is 4.74 Å². The summed E-state index contributed by atoms with van der Waals surface area (Å²) in [6, 6.07) is 5.11. The van der Waals surface area contributed by atoms with Gasteiger partial charge in [-0.1, -0.05) is 0 Å². The summed E-state index contributed by atoms with van der Waals surface area (Å²) in [5, 5.41) is 17.7. The molecular weight excluding hydrogens is 208 g/mol. The average molecular weight is 220 g/mol. The van der Waals surface area contributed by atoms with E-state index in [1.54, 1.807) is 26.0 Å². The third kappa shape index (κ3) is 2.70. The van der Waals surface area contributed by atoms with Gasteiger partial charge >= 0.3 is 5.97 Å². The molecule has 0 atom stereocenters. The molecule has 1 heterocycles. The van der Waals surface area contributed by atoms with E-state index in [4.69, 9.17) is 15.1 Å². The number of nitriles is 1. The number of carboxylic acids is 1. The van der Waals surface area contributed by atoms with Gasteiger partial charge in [-0.3, -0.25) is 4.79 Å². The highest BCUT2D eigenvalue weighted by Crippen LogP contribution is 2.19. The zero-order valence-corrected chi connectivity index (χ0v) is 9.10. The number of hydrogen-bond acceptors (Lipinski definition) is 4. The Morgan fingerprint density at radius 3 is 2.94 bits per heavy atom. The van der Waals surface area contributed by atoms with Gasteiger partial charge in [0.15, 0.2) is 0 Å². The van der Waals surface area contributed by atoms with Crippen LogP contribution in [0.2, 0.25) is 0 Å². The number of aromatic nitrogens is 1. The van der Waals surface area contributed by atoms with Gasteiger partial charge in [-0.15, -0.1) is 0 Å². The molecule has 5 heteroatoms. The van der Waals surface area contributed by atoms with Crippen molar-refractivity contribution >= 4 is 5.97 Å². The van der Waals surface area contributed by atoms with Crippen molar-refractivity contribution in [1.29, 1.82) is 5.26 Å². The summed E-state index contributed by atoms with van der Waals surface area (Å²) < 4.78 is 5.24. The molecule has 0 aliphatic heterocycles. The maximum absolute atomic E-state index is 10.8. The summed E-state index contributed by atoms with van der Waals surface area (Å²) in [5.41, 5.74) is -0.715. The normalized spacial score (nSPS) is 10.6. The van der Waals surface area contributed by atoms with Crippen molar-refractivity contribution in [2.75, 3.05) is 6.61 Å². The fraction of sp³-hybridized carbons (Fsp3) is 0.364. The van der Waals surface area contributed by atoms with Crippen LogP contribution in [0.4, 0.5) is 0 Å². The van der Waals surface area contributed by atoms with Gasteiger partial charge in [0.1, 0.15) is 18.2 Å². The largest absolute Gasteiger partial charge is 0.481 e. The summed E-state index contributed by atoms with van der Waals surface area (Å²) in [7, 11) is 0. The van der Waals surface area contributed by atoms with Gasteiger partial charge in [-0.05, 0) is 26.0 Å². The van der Waals surface area contributed by atoms with Crippen LogP contribution in [0.5, 0.6) is 5.88 Å². The number of nitrogens with zero attached hydrogens (tertiary/aromatic N) is 2. The number of aliphatic carboxylic acids is 1. The molecule has 84 valence electrons. The number of carboxylic acid groups (broad SMARTS) is 1. The molecule has 1 aromatic heterocycles. The van der Waals surface area contributed by atoms with E-state index in [2.05, 4.69) is 4.98 Å². The minimum absolute atomic E-state index is 0.0337. The van der Waals surface area contributed by atoms with Gasteiger partial charge in [-0.2, -0.15) is 5.26 Å². The fourth-order valence-electron chi connectivity index (χ4n) is 0.901. The second kappa shape index (κ2) is 4.62. The van der Waals surface area contributed by atoms with Crippen LogP contribution in [-0.2, 0) is 4.79 Å². The molecule has 1 N–H and O–H groups in total. The van der Waals surface area contributed by atoms with Crippen LogP contribution in [0.1, 0.15) is 19.4 Å². The molecule has 5 nitrogen and oxygen atoms in total. The maximum atomic E-state index is 10.8. The lowest BCUT2D eigenvalue weighted by atomic mass is 9.95.